The molecule has 0 aliphatic rings. The molecule has 160 valence electrons. The summed E-state index contributed by atoms with van der Waals surface area (Å²) >= 11 is 0. The number of hydrogen-bond donors (Lipinski definition) is 0. The van der Waals surface area contributed by atoms with Crippen molar-refractivity contribution >= 4 is 22.7 Å². The van der Waals surface area contributed by atoms with Crippen molar-refractivity contribution < 1.29 is 36.6 Å². The fourth-order valence-corrected chi connectivity index (χ4v) is 2.99. The van der Waals surface area contributed by atoms with E-state index in [4.69, 9.17) is 9.47 Å². The molecule has 0 unspecified atom stereocenters. The summed E-state index contributed by atoms with van der Waals surface area (Å²) in [6.45, 7) is 0. The van der Waals surface area contributed by atoms with Crippen LogP contribution in [0.1, 0.15) is 20.7 Å². The average molecular weight is 440 g/mol. The predicted octanol–water partition coefficient (Wildman–Crippen LogP) is 5.83. The van der Waals surface area contributed by atoms with Crippen LogP contribution in [-0.2, 0) is 0 Å². The minimum Gasteiger partial charge on any atom is -0.422 e. The maximum absolute atomic E-state index is 13.4. The number of carbonyl (C=O) groups excluding carboxylic acids is 2. The summed E-state index contributed by atoms with van der Waals surface area (Å²) < 4.78 is 63.7. The minimum absolute atomic E-state index is 0.0861. The van der Waals surface area contributed by atoms with Crippen molar-refractivity contribution in [3.05, 3.63) is 107 Å². The van der Waals surface area contributed by atoms with Gasteiger partial charge in [-0.05, 0) is 48.5 Å². The van der Waals surface area contributed by atoms with Crippen LogP contribution < -0.4 is 9.47 Å². The Morgan fingerprint density at radius 1 is 0.531 bits per heavy atom. The fraction of sp³-hybridized carbons (Fsp3) is 0. The van der Waals surface area contributed by atoms with Crippen molar-refractivity contribution in [2.24, 2.45) is 0 Å². The molecule has 0 aromatic heterocycles. The molecule has 0 spiro atoms. The van der Waals surface area contributed by atoms with Gasteiger partial charge in [0.05, 0.1) is 11.1 Å². The van der Waals surface area contributed by atoms with Gasteiger partial charge in [0, 0.05) is 10.8 Å². The molecule has 0 aliphatic carbocycles. The van der Waals surface area contributed by atoms with Crippen LogP contribution in [-0.4, -0.2) is 11.9 Å². The lowest BCUT2D eigenvalue weighted by molar-refractivity contribution is 0.0725. The van der Waals surface area contributed by atoms with Gasteiger partial charge in [-0.3, -0.25) is 0 Å². The van der Waals surface area contributed by atoms with Gasteiger partial charge >= 0.3 is 11.9 Å². The Bertz CT molecular complexity index is 1260. The van der Waals surface area contributed by atoms with E-state index in [1.165, 1.54) is 24.3 Å². The van der Waals surface area contributed by atoms with Gasteiger partial charge in [-0.25, -0.2) is 27.2 Å². The van der Waals surface area contributed by atoms with E-state index in [1.54, 1.807) is 12.1 Å². The first-order chi connectivity index (χ1) is 15.3. The van der Waals surface area contributed by atoms with Gasteiger partial charge in [0.15, 0.2) is 23.3 Å². The fourth-order valence-electron chi connectivity index (χ4n) is 2.99. The summed E-state index contributed by atoms with van der Waals surface area (Å²) in [6.07, 6.45) is 0. The van der Waals surface area contributed by atoms with E-state index in [0.717, 1.165) is 36.4 Å². The van der Waals surface area contributed by atoms with Crippen molar-refractivity contribution in [1.82, 2.24) is 0 Å². The quantitative estimate of drug-likeness (QED) is 0.228. The van der Waals surface area contributed by atoms with Crippen LogP contribution >= 0.6 is 0 Å². The zero-order valence-corrected chi connectivity index (χ0v) is 16.1. The summed E-state index contributed by atoms with van der Waals surface area (Å²) in [5.41, 5.74) is -0.386. The number of fused-ring (bicyclic) bond motifs is 1. The van der Waals surface area contributed by atoms with Crippen LogP contribution in [0, 0.1) is 23.3 Å². The van der Waals surface area contributed by atoms with Gasteiger partial charge in [0.2, 0.25) is 0 Å². The van der Waals surface area contributed by atoms with E-state index < -0.39 is 35.2 Å². The van der Waals surface area contributed by atoms with E-state index in [9.17, 15) is 27.2 Å². The molecule has 0 N–H and O–H groups in total. The van der Waals surface area contributed by atoms with Gasteiger partial charge in [-0.1, -0.05) is 24.3 Å². The standard InChI is InChI=1S/C24H12F4O4/c25-17-9-7-13(11-19(17)27)23(29)31-21-5-1-3-15-16(21)4-2-6-22(15)32-24(30)14-8-10-18(26)20(28)12-14/h1-12H. The lowest BCUT2D eigenvalue weighted by atomic mass is 10.1. The van der Waals surface area contributed by atoms with Crippen LogP contribution in [0.4, 0.5) is 17.6 Å². The molecule has 0 bridgehead atoms. The van der Waals surface area contributed by atoms with Gasteiger partial charge in [0.25, 0.3) is 0 Å². The molecule has 0 fully saturated rings. The highest BCUT2D eigenvalue weighted by atomic mass is 19.2. The minimum atomic E-state index is -1.19. The summed E-state index contributed by atoms with van der Waals surface area (Å²) in [4.78, 5) is 24.7. The topological polar surface area (TPSA) is 52.6 Å². The molecular weight excluding hydrogens is 428 g/mol. The van der Waals surface area contributed by atoms with Crippen LogP contribution in [0.5, 0.6) is 11.5 Å². The number of ether oxygens (including phenoxy) is 2. The number of carbonyl (C=O) groups is 2. The number of rotatable bonds is 4. The van der Waals surface area contributed by atoms with Gasteiger partial charge in [0.1, 0.15) is 11.5 Å². The summed E-state index contributed by atoms with van der Waals surface area (Å²) in [6, 6.07) is 14.4. The van der Waals surface area contributed by atoms with E-state index in [1.807, 2.05) is 0 Å². The first-order valence-electron chi connectivity index (χ1n) is 9.19. The normalized spacial score (nSPS) is 10.8. The first-order valence-corrected chi connectivity index (χ1v) is 9.19. The van der Waals surface area contributed by atoms with Gasteiger partial charge in [-0.2, -0.15) is 0 Å². The molecular formula is C24H12F4O4. The first kappa shape index (κ1) is 21.0. The summed E-state index contributed by atoms with van der Waals surface area (Å²) in [7, 11) is 0. The molecule has 0 aliphatic heterocycles. The summed E-state index contributed by atoms with van der Waals surface area (Å²) in [5, 5.41) is 0.776. The number of hydrogen-bond acceptors (Lipinski definition) is 4. The van der Waals surface area contributed by atoms with E-state index >= 15 is 0 Å². The van der Waals surface area contributed by atoms with Gasteiger partial charge < -0.3 is 9.47 Å². The third-order valence-electron chi connectivity index (χ3n) is 4.56. The lowest BCUT2D eigenvalue weighted by Crippen LogP contribution is -2.10. The van der Waals surface area contributed by atoms with Crippen molar-refractivity contribution in [2.45, 2.75) is 0 Å². The molecule has 0 heterocycles. The largest absolute Gasteiger partial charge is 0.422 e. The molecule has 4 rings (SSSR count). The third kappa shape index (κ3) is 4.15. The number of esters is 2. The van der Waals surface area contributed by atoms with E-state index in [0.29, 0.717) is 10.8 Å². The Morgan fingerprint density at radius 3 is 1.31 bits per heavy atom. The monoisotopic (exact) mass is 440 g/mol. The van der Waals surface area contributed by atoms with Crippen LogP contribution in [0.15, 0.2) is 72.8 Å². The molecule has 32 heavy (non-hydrogen) atoms. The zero-order chi connectivity index (χ0) is 22.8. The Labute approximate surface area is 178 Å². The maximum atomic E-state index is 13.4. The maximum Gasteiger partial charge on any atom is 0.343 e. The highest BCUT2D eigenvalue weighted by Crippen LogP contribution is 2.33. The second kappa shape index (κ2) is 8.50. The number of benzene rings is 4. The molecule has 4 nitrogen and oxygen atoms in total. The van der Waals surface area contributed by atoms with Crippen LogP contribution in [0.2, 0.25) is 0 Å². The van der Waals surface area contributed by atoms with Crippen molar-refractivity contribution in [3.63, 3.8) is 0 Å². The molecule has 0 saturated carbocycles. The molecule has 0 saturated heterocycles. The van der Waals surface area contributed by atoms with Crippen molar-refractivity contribution in [2.75, 3.05) is 0 Å². The Balaban J connectivity index is 1.63. The lowest BCUT2D eigenvalue weighted by Gasteiger charge is -2.11. The average Bonchev–Trinajstić information content (AvgIpc) is 2.78. The summed E-state index contributed by atoms with van der Waals surface area (Å²) in [5.74, 6) is -6.24. The van der Waals surface area contributed by atoms with E-state index in [-0.39, 0.29) is 22.6 Å². The Hall–Kier alpha value is -4.20. The second-order valence-electron chi connectivity index (χ2n) is 6.64. The molecule has 0 amide bonds. The van der Waals surface area contributed by atoms with Gasteiger partial charge in [-0.15, -0.1) is 0 Å². The molecule has 4 aromatic rings. The molecule has 0 radical (unpaired) electrons. The smallest absolute Gasteiger partial charge is 0.343 e. The molecule has 8 heteroatoms. The zero-order valence-electron chi connectivity index (χ0n) is 16.1. The third-order valence-corrected chi connectivity index (χ3v) is 4.56. The van der Waals surface area contributed by atoms with Crippen molar-refractivity contribution in [1.29, 1.82) is 0 Å². The van der Waals surface area contributed by atoms with E-state index in [2.05, 4.69) is 0 Å². The highest BCUT2D eigenvalue weighted by molar-refractivity contribution is 5.99. The Kier molecular flexibility index (Phi) is 5.59. The Morgan fingerprint density at radius 2 is 0.938 bits per heavy atom. The van der Waals surface area contributed by atoms with Crippen LogP contribution in [0.3, 0.4) is 0 Å². The second-order valence-corrected chi connectivity index (χ2v) is 6.64. The molecule has 0 atom stereocenters. The van der Waals surface area contributed by atoms with Crippen molar-refractivity contribution in [3.8, 4) is 11.5 Å². The SMILES string of the molecule is O=C(Oc1cccc2c(OC(=O)c3ccc(F)c(F)c3)cccc12)c1ccc(F)c(F)c1. The number of halogens is 4. The molecule has 4 aromatic carbocycles. The van der Waals surface area contributed by atoms with Crippen LogP contribution in [0.25, 0.3) is 10.8 Å². The predicted molar refractivity (Wildman–Crippen MR) is 107 cm³/mol. The highest BCUT2D eigenvalue weighted by Gasteiger charge is 2.17.